The summed E-state index contributed by atoms with van der Waals surface area (Å²) in [5.41, 5.74) is 1.18. The van der Waals surface area contributed by atoms with Gasteiger partial charge in [0.1, 0.15) is 11.4 Å². The lowest BCUT2D eigenvalue weighted by atomic mass is 10.1. The molecule has 106 valence electrons. The van der Waals surface area contributed by atoms with Gasteiger partial charge in [0, 0.05) is 5.69 Å². The molecule has 0 radical (unpaired) electrons. The van der Waals surface area contributed by atoms with E-state index in [0.717, 1.165) is 23.4 Å². The molecule has 0 saturated carbocycles. The maximum atomic E-state index is 11.8. The highest BCUT2D eigenvalue weighted by molar-refractivity contribution is 7.80. The third kappa shape index (κ3) is 5.42. The minimum absolute atomic E-state index is 0.460. The molecule has 0 saturated heterocycles. The maximum absolute atomic E-state index is 11.8. The van der Waals surface area contributed by atoms with Crippen molar-refractivity contribution in [2.75, 3.05) is 18.2 Å². The first-order valence-electron chi connectivity index (χ1n) is 6.13. The number of rotatable bonds is 4. The predicted octanol–water partition coefficient (Wildman–Crippen LogP) is 3.51. The fraction of sp³-hybridized carbons (Fsp3) is 0.500. The van der Waals surface area contributed by atoms with Crippen molar-refractivity contribution in [1.82, 2.24) is 0 Å². The lowest BCUT2D eigenvalue weighted by molar-refractivity contribution is 0.0636. The average molecular weight is 283 g/mol. The summed E-state index contributed by atoms with van der Waals surface area (Å²) in [6.45, 7) is 5.49. The largest absolute Gasteiger partial charge is 0.497 e. The molecule has 0 aliphatic heterocycles. The first-order valence-corrected chi connectivity index (χ1v) is 6.77. The molecule has 1 rings (SSSR count). The van der Waals surface area contributed by atoms with Gasteiger partial charge >= 0.3 is 6.09 Å². The van der Waals surface area contributed by atoms with Crippen LogP contribution >= 0.6 is 12.6 Å². The van der Waals surface area contributed by atoms with Crippen LogP contribution in [-0.4, -0.2) is 24.6 Å². The van der Waals surface area contributed by atoms with Gasteiger partial charge in [-0.2, -0.15) is 12.6 Å². The highest BCUT2D eigenvalue weighted by Crippen LogP contribution is 2.23. The quantitative estimate of drug-likeness (QED) is 0.831. The number of benzene rings is 1. The van der Waals surface area contributed by atoms with E-state index >= 15 is 0 Å². The second-order valence-electron chi connectivity index (χ2n) is 5.12. The van der Waals surface area contributed by atoms with Crippen LogP contribution in [0.5, 0.6) is 5.75 Å². The van der Waals surface area contributed by atoms with Gasteiger partial charge in [0.2, 0.25) is 0 Å². The van der Waals surface area contributed by atoms with Crippen LogP contribution in [0.3, 0.4) is 0 Å². The van der Waals surface area contributed by atoms with Crippen molar-refractivity contribution in [2.45, 2.75) is 32.8 Å². The molecule has 19 heavy (non-hydrogen) atoms. The monoisotopic (exact) mass is 283 g/mol. The second kappa shape index (κ2) is 6.70. The van der Waals surface area contributed by atoms with E-state index in [1.165, 1.54) is 0 Å². The molecule has 1 N–H and O–H groups in total. The molecule has 1 aromatic rings. The summed E-state index contributed by atoms with van der Waals surface area (Å²) in [6, 6.07) is 5.50. The van der Waals surface area contributed by atoms with Gasteiger partial charge in [-0.3, -0.25) is 5.32 Å². The molecule has 0 heterocycles. The van der Waals surface area contributed by atoms with Gasteiger partial charge in [0.15, 0.2) is 0 Å². The molecule has 0 atom stereocenters. The normalized spacial score (nSPS) is 11.0. The number of nitrogens with one attached hydrogen (secondary N) is 1. The topological polar surface area (TPSA) is 47.6 Å². The Hall–Kier alpha value is -1.36. The SMILES string of the molecule is COc1ccc(NC(=O)OC(C)(C)C)c(CCS)c1. The molecule has 0 aliphatic carbocycles. The molecule has 0 aromatic heterocycles. The van der Waals surface area contributed by atoms with Crippen LogP contribution in [0.25, 0.3) is 0 Å². The van der Waals surface area contributed by atoms with Gasteiger partial charge in [-0.1, -0.05) is 0 Å². The van der Waals surface area contributed by atoms with Gasteiger partial charge in [-0.05, 0) is 56.7 Å². The summed E-state index contributed by atoms with van der Waals surface area (Å²) < 4.78 is 10.4. The predicted molar refractivity (Wildman–Crippen MR) is 80.4 cm³/mol. The Labute approximate surface area is 119 Å². The van der Waals surface area contributed by atoms with E-state index in [1.54, 1.807) is 13.2 Å². The molecular weight excluding hydrogens is 262 g/mol. The molecule has 4 nitrogen and oxygen atoms in total. The Bertz CT molecular complexity index is 441. The molecule has 0 spiro atoms. The Kier molecular flexibility index (Phi) is 5.54. The van der Waals surface area contributed by atoms with E-state index in [4.69, 9.17) is 9.47 Å². The Morgan fingerprint density at radius 3 is 2.58 bits per heavy atom. The molecule has 1 amide bonds. The zero-order chi connectivity index (χ0) is 14.5. The summed E-state index contributed by atoms with van der Waals surface area (Å²) >= 11 is 4.22. The Morgan fingerprint density at radius 2 is 2.05 bits per heavy atom. The van der Waals surface area contributed by atoms with Crippen molar-refractivity contribution < 1.29 is 14.3 Å². The van der Waals surface area contributed by atoms with Crippen LogP contribution in [0.4, 0.5) is 10.5 Å². The van der Waals surface area contributed by atoms with Crippen LogP contribution < -0.4 is 10.1 Å². The first-order chi connectivity index (χ1) is 8.85. The number of carbonyl (C=O) groups excluding carboxylic acids is 1. The molecule has 0 unspecified atom stereocenters. The molecule has 1 aromatic carbocycles. The van der Waals surface area contributed by atoms with Crippen molar-refractivity contribution in [3.05, 3.63) is 23.8 Å². The fourth-order valence-corrected chi connectivity index (χ4v) is 1.80. The van der Waals surface area contributed by atoms with Crippen molar-refractivity contribution in [3.8, 4) is 5.75 Å². The molecular formula is C14H21NO3S. The van der Waals surface area contributed by atoms with Gasteiger partial charge < -0.3 is 9.47 Å². The summed E-state index contributed by atoms with van der Waals surface area (Å²) in [7, 11) is 1.61. The summed E-state index contributed by atoms with van der Waals surface area (Å²) in [5, 5.41) is 2.75. The number of methoxy groups -OCH3 is 1. The maximum Gasteiger partial charge on any atom is 0.412 e. The number of carbonyl (C=O) groups is 1. The molecule has 0 fully saturated rings. The number of hydrogen-bond donors (Lipinski definition) is 2. The molecule has 5 heteroatoms. The van der Waals surface area contributed by atoms with E-state index in [9.17, 15) is 4.79 Å². The van der Waals surface area contributed by atoms with E-state index in [0.29, 0.717) is 5.75 Å². The van der Waals surface area contributed by atoms with Crippen LogP contribution in [0, 0.1) is 0 Å². The summed E-state index contributed by atoms with van der Waals surface area (Å²) in [6.07, 6.45) is 0.281. The second-order valence-corrected chi connectivity index (χ2v) is 5.57. The minimum atomic E-state index is -0.514. The highest BCUT2D eigenvalue weighted by Gasteiger charge is 2.17. The van der Waals surface area contributed by atoms with Crippen LogP contribution in [0.1, 0.15) is 26.3 Å². The minimum Gasteiger partial charge on any atom is -0.497 e. The van der Waals surface area contributed by atoms with E-state index in [1.807, 2.05) is 32.9 Å². The number of thiol groups is 1. The Balaban J connectivity index is 2.84. The number of hydrogen-bond acceptors (Lipinski definition) is 4. The third-order valence-electron chi connectivity index (χ3n) is 2.33. The lowest BCUT2D eigenvalue weighted by Crippen LogP contribution is -2.27. The van der Waals surface area contributed by atoms with Crippen molar-refractivity contribution >= 4 is 24.4 Å². The number of ether oxygens (including phenoxy) is 2. The number of amides is 1. The molecule has 0 aliphatic rings. The first kappa shape index (κ1) is 15.7. The average Bonchev–Trinajstić information content (AvgIpc) is 2.29. The van der Waals surface area contributed by atoms with Gasteiger partial charge in [0.05, 0.1) is 7.11 Å². The van der Waals surface area contributed by atoms with Gasteiger partial charge in [-0.15, -0.1) is 0 Å². The Morgan fingerprint density at radius 1 is 1.37 bits per heavy atom. The number of aryl methyl sites for hydroxylation is 1. The number of anilines is 1. The van der Waals surface area contributed by atoms with Gasteiger partial charge in [-0.25, -0.2) is 4.79 Å². The zero-order valence-corrected chi connectivity index (χ0v) is 12.7. The van der Waals surface area contributed by atoms with E-state index in [2.05, 4.69) is 17.9 Å². The van der Waals surface area contributed by atoms with Crippen LogP contribution in [-0.2, 0) is 11.2 Å². The van der Waals surface area contributed by atoms with Crippen molar-refractivity contribution in [3.63, 3.8) is 0 Å². The van der Waals surface area contributed by atoms with Crippen LogP contribution in [0.15, 0.2) is 18.2 Å². The third-order valence-corrected chi connectivity index (χ3v) is 2.55. The molecule has 0 bridgehead atoms. The summed E-state index contributed by atoms with van der Waals surface area (Å²) in [5.74, 6) is 1.45. The van der Waals surface area contributed by atoms with Crippen LogP contribution in [0.2, 0.25) is 0 Å². The van der Waals surface area contributed by atoms with Crippen molar-refractivity contribution in [2.24, 2.45) is 0 Å². The fourth-order valence-electron chi connectivity index (χ4n) is 1.56. The smallest absolute Gasteiger partial charge is 0.412 e. The highest BCUT2D eigenvalue weighted by atomic mass is 32.1. The standard InChI is InChI=1S/C14H21NO3S/c1-14(2,3)18-13(16)15-12-6-5-11(17-4)9-10(12)7-8-19/h5-6,9,19H,7-8H2,1-4H3,(H,15,16). The van der Waals surface area contributed by atoms with Crippen molar-refractivity contribution in [1.29, 1.82) is 0 Å². The zero-order valence-electron chi connectivity index (χ0n) is 11.8. The lowest BCUT2D eigenvalue weighted by Gasteiger charge is -2.20. The van der Waals surface area contributed by atoms with Gasteiger partial charge in [0.25, 0.3) is 0 Å². The van der Waals surface area contributed by atoms with E-state index in [-0.39, 0.29) is 0 Å². The summed E-state index contributed by atoms with van der Waals surface area (Å²) in [4.78, 5) is 11.8. The van der Waals surface area contributed by atoms with E-state index < -0.39 is 11.7 Å².